The Balaban J connectivity index is 1.67. The molecule has 29 heavy (non-hydrogen) atoms. The molecule has 0 radical (unpaired) electrons. The van der Waals surface area contributed by atoms with Crippen LogP contribution in [0.3, 0.4) is 0 Å². The third-order valence-electron chi connectivity index (χ3n) is 3.93. The fraction of sp³-hybridized carbons (Fsp3) is 0.105. The number of aryl methyl sites for hydroxylation is 1. The van der Waals surface area contributed by atoms with E-state index in [0.29, 0.717) is 11.4 Å². The summed E-state index contributed by atoms with van der Waals surface area (Å²) in [5, 5.41) is 13.5. The first-order chi connectivity index (χ1) is 13.7. The second-order valence-electron chi connectivity index (χ2n) is 6.12. The maximum atomic E-state index is 12.3. The Kier molecular flexibility index (Phi) is 5.95. The van der Waals surface area contributed by atoms with Crippen LogP contribution in [0.1, 0.15) is 21.6 Å². The molecule has 2 aromatic carbocycles. The van der Waals surface area contributed by atoms with Gasteiger partial charge in [0.25, 0.3) is 10.0 Å². The van der Waals surface area contributed by atoms with Crippen molar-refractivity contribution in [3.8, 4) is 0 Å². The van der Waals surface area contributed by atoms with Crippen molar-refractivity contribution in [3.05, 3.63) is 70.7 Å². The average molecular weight is 431 g/mol. The van der Waals surface area contributed by atoms with Crippen molar-refractivity contribution >= 4 is 44.1 Å². The Morgan fingerprint density at radius 3 is 2.55 bits per heavy atom. The summed E-state index contributed by atoms with van der Waals surface area (Å²) in [4.78, 5) is 27.6. The highest BCUT2D eigenvalue weighted by atomic mass is 32.2. The van der Waals surface area contributed by atoms with Crippen LogP contribution in [-0.4, -0.2) is 30.4 Å². The molecule has 10 heteroatoms. The van der Waals surface area contributed by atoms with E-state index in [-0.39, 0.29) is 22.0 Å². The van der Waals surface area contributed by atoms with E-state index in [4.69, 9.17) is 5.11 Å². The number of carbonyl (C=O) groups excluding carboxylic acids is 1. The third-order valence-corrected chi connectivity index (χ3v) is 6.22. The molecule has 0 fully saturated rings. The van der Waals surface area contributed by atoms with E-state index in [1.54, 1.807) is 36.6 Å². The molecule has 0 aliphatic rings. The van der Waals surface area contributed by atoms with Gasteiger partial charge in [0.2, 0.25) is 5.91 Å². The van der Waals surface area contributed by atoms with Gasteiger partial charge in [-0.25, -0.2) is 18.2 Å². The molecule has 0 unspecified atom stereocenters. The van der Waals surface area contributed by atoms with Gasteiger partial charge >= 0.3 is 5.97 Å². The molecule has 1 amide bonds. The van der Waals surface area contributed by atoms with Crippen LogP contribution in [0.2, 0.25) is 0 Å². The minimum atomic E-state index is -3.75. The van der Waals surface area contributed by atoms with Crippen molar-refractivity contribution in [2.24, 2.45) is 0 Å². The van der Waals surface area contributed by atoms with Crippen LogP contribution in [0, 0.1) is 6.92 Å². The van der Waals surface area contributed by atoms with Crippen LogP contribution in [0.5, 0.6) is 0 Å². The van der Waals surface area contributed by atoms with Crippen LogP contribution >= 0.6 is 11.3 Å². The first kappa shape index (κ1) is 20.5. The van der Waals surface area contributed by atoms with Crippen LogP contribution in [-0.2, 0) is 21.2 Å². The molecule has 0 spiro atoms. The number of rotatable bonds is 7. The van der Waals surface area contributed by atoms with Crippen molar-refractivity contribution in [1.29, 1.82) is 0 Å². The number of anilines is 2. The molecular formula is C19H17N3O5S2. The first-order valence-corrected chi connectivity index (χ1v) is 10.8. The Morgan fingerprint density at radius 2 is 1.86 bits per heavy atom. The summed E-state index contributed by atoms with van der Waals surface area (Å²) >= 11 is 1.07. The molecule has 1 aromatic heterocycles. The number of amides is 1. The Hall–Kier alpha value is -3.24. The van der Waals surface area contributed by atoms with Gasteiger partial charge in [-0.3, -0.25) is 9.52 Å². The van der Waals surface area contributed by atoms with E-state index in [0.717, 1.165) is 16.9 Å². The number of aromatic carboxylic acids is 1. The van der Waals surface area contributed by atoms with E-state index in [2.05, 4.69) is 15.0 Å². The molecular weight excluding hydrogens is 414 g/mol. The average Bonchev–Trinajstić information content (AvgIpc) is 3.10. The number of thiazole rings is 1. The number of carbonyl (C=O) groups is 2. The van der Waals surface area contributed by atoms with Gasteiger partial charge in [-0.1, -0.05) is 24.3 Å². The van der Waals surface area contributed by atoms with E-state index in [1.807, 2.05) is 0 Å². The standard InChI is InChI=1S/C19H17N3O5S2/c1-12-7-8-13(18(24)25)9-16(12)21-17(23)10-14-11-28-19(20-14)22-29(26,27)15-5-3-2-4-6-15/h2-9,11H,10H2,1H3,(H,20,22)(H,21,23)(H,24,25). The highest BCUT2D eigenvalue weighted by Gasteiger charge is 2.17. The van der Waals surface area contributed by atoms with E-state index in [9.17, 15) is 18.0 Å². The Labute approximate surface area is 171 Å². The zero-order valence-electron chi connectivity index (χ0n) is 15.2. The predicted octanol–water partition coefficient (Wildman–Crippen LogP) is 3.13. The van der Waals surface area contributed by atoms with Gasteiger partial charge in [-0.2, -0.15) is 0 Å². The molecule has 3 aromatic rings. The van der Waals surface area contributed by atoms with Gasteiger partial charge in [0.1, 0.15) is 0 Å². The van der Waals surface area contributed by atoms with Crippen molar-refractivity contribution < 1.29 is 23.1 Å². The number of hydrogen-bond donors (Lipinski definition) is 3. The van der Waals surface area contributed by atoms with Gasteiger partial charge in [0, 0.05) is 11.1 Å². The first-order valence-electron chi connectivity index (χ1n) is 8.40. The van der Waals surface area contributed by atoms with E-state index < -0.39 is 21.9 Å². The molecule has 0 aliphatic heterocycles. The zero-order valence-corrected chi connectivity index (χ0v) is 16.9. The number of nitrogens with one attached hydrogen (secondary N) is 2. The lowest BCUT2D eigenvalue weighted by Gasteiger charge is -2.08. The zero-order chi connectivity index (χ0) is 21.0. The van der Waals surface area contributed by atoms with E-state index in [1.165, 1.54) is 24.3 Å². The highest BCUT2D eigenvalue weighted by Crippen LogP contribution is 2.21. The molecule has 3 rings (SSSR count). The molecule has 0 saturated heterocycles. The van der Waals surface area contributed by atoms with Crippen molar-refractivity contribution in [2.75, 3.05) is 10.0 Å². The minimum absolute atomic E-state index is 0.0668. The van der Waals surface area contributed by atoms with Gasteiger partial charge in [0.05, 0.1) is 22.6 Å². The summed E-state index contributed by atoms with van der Waals surface area (Å²) in [5.74, 6) is -1.48. The fourth-order valence-corrected chi connectivity index (χ4v) is 4.44. The molecule has 0 atom stereocenters. The third kappa shape index (κ3) is 5.18. The van der Waals surface area contributed by atoms with Gasteiger partial charge in [0.15, 0.2) is 5.13 Å². The molecule has 0 saturated carbocycles. The molecule has 8 nitrogen and oxygen atoms in total. The van der Waals surface area contributed by atoms with Crippen LogP contribution in [0.4, 0.5) is 10.8 Å². The molecule has 1 heterocycles. The smallest absolute Gasteiger partial charge is 0.335 e. The summed E-state index contributed by atoms with van der Waals surface area (Å²) in [6.07, 6.45) is -0.0830. The minimum Gasteiger partial charge on any atom is -0.478 e. The monoisotopic (exact) mass is 431 g/mol. The maximum absolute atomic E-state index is 12.3. The predicted molar refractivity (Wildman–Crippen MR) is 110 cm³/mol. The normalized spacial score (nSPS) is 11.1. The topological polar surface area (TPSA) is 125 Å². The number of sulfonamides is 1. The SMILES string of the molecule is Cc1ccc(C(=O)O)cc1NC(=O)Cc1csc(NS(=O)(=O)c2ccccc2)n1. The van der Waals surface area contributed by atoms with Gasteiger partial charge in [-0.15, -0.1) is 11.3 Å². The number of hydrogen-bond acceptors (Lipinski definition) is 6. The summed E-state index contributed by atoms with van der Waals surface area (Å²) in [5.41, 5.74) is 1.58. The van der Waals surface area contributed by atoms with Gasteiger partial charge in [-0.05, 0) is 36.8 Å². The molecule has 150 valence electrons. The van der Waals surface area contributed by atoms with Crippen molar-refractivity contribution in [1.82, 2.24) is 4.98 Å². The quantitative estimate of drug-likeness (QED) is 0.528. The Morgan fingerprint density at radius 1 is 1.14 bits per heavy atom. The maximum Gasteiger partial charge on any atom is 0.335 e. The summed E-state index contributed by atoms with van der Waals surface area (Å²) in [6.45, 7) is 1.75. The van der Waals surface area contributed by atoms with Crippen molar-refractivity contribution in [2.45, 2.75) is 18.2 Å². The molecule has 3 N–H and O–H groups in total. The lowest BCUT2D eigenvalue weighted by atomic mass is 10.1. The lowest BCUT2D eigenvalue weighted by Crippen LogP contribution is -2.16. The molecule has 0 bridgehead atoms. The summed E-state index contributed by atoms with van der Waals surface area (Å²) in [7, 11) is -3.75. The molecule has 0 aliphatic carbocycles. The number of benzene rings is 2. The van der Waals surface area contributed by atoms with E-state index >= 15 is 0 Å². The number of carboxylic acid groups (broad SMARTS) is 1. The highest BCUT2D eigenvalue weighted by molar-refractivity contribution is 7.93. The summed E-state index contributed by atoms with van der Waals surface area (Å²) in [6, 6.07) is 12.3. The van der Waals surface area contributed by atoms with Crippen LogP contribution in [0.25, 0.3) is 0 Å². The van der Waals surface area contributed by atoms with Crippen LogP contribution in [0.15, 0.2) is 58.8 Å². The second kappa shape index (κ2) is 8.41. The summed E-state index contributed by atoms with van der Waals surface area (Å²) < 4.78 is 27.0. The number of nitrogens with zero attached hydrogens (tertiary/aromatic N) is 1. The van der Waals surface area contributed by atoms with Gasteiger partial charge < -0.3 is 10.4 Å². The van der Waals surface area contributed by atoms with Crippen LogP contribution < -0.4 is 10.0 Å². The fourth-order valence-electron chi connectivity index (χ4n) is 2.46. The Bertz CT molecular complexity index is 1160. The lowest BCUT2D eigenvalue weighted by molar-refractivity contribution is -0.115. The number of carboxylic acids is 1. The number of aromatic nitrogens is 1. The second-order valence-corrected chi connectivity index (χ2v) is 8.66. The largest absolute Gasteiger partial charge is 0.478 e. The van der Waals surface area contributed by atoms with Crippen molar-refractivity contribution in [3.63, 3.8) is 0 Å².